The molecule has 0 aliphatic rings. The predicted octanol–water partition coefficient (Wildman–Crippen LogP) is 2.62. The first-order valence-electron chi connectivity index (χ1n) is 6.33. The highest BCUT2D eigenvalue weighted by Gasteiger charge is 2.13. The molecule has 0 aliphatic heterocycles. The summed E-state index contributed by atoms with van der Waals surface area (Å²) in [7, 11) is 8.39. The first kappa shape index (κ1) is 17.2. The van der Waals surface area contributed by atoms with Crippen LogP contribution in [0.4, 0.5) is 0 Å². The zero-order valence-corrected chi connectivity index (χ0v) is 15.0. The second kappa shape index (κ2) is 8.46. The summed E-state index contributed by atoms with van der Waals surface area (Å²) in [6.07, 6.45) is 0. The van der Waals surface area contributed by atoms with Crippen LogP contribution in [-0.4, -0.2) is 71.8 Å². The summed E-state index contributed by atoms with van der Waals surface area (Å²) in [4.78, 5) is 4.40. The summed E-state index contributed by atoms with van der Waals surface area (Å²) in [6, 6.07) is 0. The van der Waals surface area contributed by atoms with E-state index in [-0.39, 0.29) is 0 Å². The third kappa shape index (κ3) is 7.51. The van der Waals surface area contributed by atoms with Crippen LogP contribution in [0.1, 0.15) is 13.8 Å². The number of nitrogens with zero attached hydrogens (tertiary/aromatic N) is 4. The number of thioether (sulfide) groups is 2. The maximum absolute atomic E-state index is 4.27. The number of aromatic nitrogens is 2. The Morgan fingerprint density at radius 2 is 1.26 bits per heavy atom. The van der Waals surface area contributed by atoms with Gasteiger partial charge in [0.15, 0.2) is 8.68 Å². The van der Waals surface area contributed by atoms with Crippen molar-refractivity contribution in [2.45, 2.75) is 33.0 Å². The van der Waals surface area contributed by atoms with Gasteiger partial charge in [0, 0.05) is 23.6 Å². The fourth-order valence-electron chi connectivity index (χ4n) is 1.74. The smallest absolute Gasteiger partial charge is 0.175 e. The fraction of sp³-hybridized carbons (Fsp3) is 0.833. The van der Waals surface area contributed by atoms with Gasteiger partial charge in [-0.15, -0.1) is 10.2 Å². The Hall–Kier alpha value is 0.180. The van der Waals surface area contributed by atoms with Gasteiger partial charge in [0.1, 0.15) is 0 Å². The van der Waals surface area contributed by atoms with Crippen LogP contribution >= 0.6 is 34.9 Å². The molecule has 0 unspecified atom stereocenters. The number of hydrogen-bond acceptors (Lipinski definition) is 7. The monoisotopic (exact) mass is 320 g/mol. The van der Waals surface area contributed by atoms with E-state index in [2.05, 4.69) is 62.0 Å². The van der Waals surface area contributed by atoms with Crippen molar-refractivity contribution >= 4 is 34.9 Å². The highest BCUT2D eigenvalue weighted by atomic mass is 32.2. The lowest BCUT2D eigenvalue weighted by Crippen LogP contribution is -2.21. The Balaban J connectivity index is 2.43. The quantitative estimate of drug-likeness (QED) is 0.685. The van der Waals surface area contributed by atoms with Gasteiger partial charge in [0.05, 0.1) is 0 Å². The topological polar surface area (TPSA) is 32.3 Å². The van der Waals surface area contributed by atoms with E-state index in [0.717, 1.165) is 21.8 Å². The van der Waals surface area contributed by atoms with Crippen molar-refractivity contribution in [2.75, 3.05) is 41.3 Å². The van der Waals surface area contributed by atoms with Crippen LogP contribution in [0.2, 0.25) is 0 Å². The van der Waals surface area contributed by atoms with Gasteiger partial charge in [-0.25, -0.2) is 0 Å². The van der Waals surface area contributed by atoms with E-state index in [0.29, 0.717) is 10.5 Å². The molecule has 0 saturated carbocycles. The Bertz CT molecular complexity index is 335. The highest BCUT2D eigenvalue weighted by Crippen LogP contribution is 2.33. The second-order valence-electron chi connectivity index (χ2n) is 5.22. The lowest BCUT2D eigenvalue weighted by molar-refractivity contribution is 0.413. The second-order valence-corrected chi connectivity index (χ2v) is 9.56. The van der Waals surface area contributed by atoms with Gasteiger partial charge in [-0.05, 0) is 28.2 Å². The van der Waals surface area contributed by atoms with Crippen molar-refractivity contribution in [3.63, 3.8) is 0 Å². The molecule has 1 aromatic heterocycles. The maximum Gasteiger partial charge on any atom is 0.175 e. The largest absolute Gasteiger partial charge is 0.308 e. The van der Waals surface area contributed by atoms with Crippen LogP contribution in [0.25, 0.3) is 0 Å². The molecule has 0 aliphatic carbocycles. The molecule has 19 heavy (non-hydrogen) atoms. The summed E-state index contributed by atoms with van der Waals surface area (Å²) in [6.45, 7) is 6.58. The van der Waals surface area contributed by atoms with Crippen LogP contribution in [-0.2, 0) is 0 Å². The van der Waals surface area contributed by atoms with Gasteiger partial charge in [-0.1, -0.05) is 48.7 Å². The Morgan fingerprint density at radius 3 is 1.58 bits per heavy atom. The molecule has 1 aromatic rings. The molecule has 0 aromatic carbocycles. The summed E-state index contributed by atoms with van der Waals surface area (Å²) in [5.41, 5.74) is 0. The lowest BCUT2D eigenvalue weighted by atomic mass is 10.4. The highest BCUT2D eigenvalue weighted by molar-refractivity contribution is 8.03. The number of rotatable bonds is 8. The summed E-state index contributed by atoms with van der Waals surface area (Å²) in [5.74, 6) is 0. The van der Waals surface area contributed by atoms with Crippen LogP contribution < -0.4 is 0 Å². The van der Waals surface area contributed by atoms with Crippen molar-refractivity contribution < 1.29 is 0 Å². The van der Waals surface area contributed by atoms with Crippen molar-refractivity contribution in [1.29, 1.82) is 0 Å². The average molecular weight is 321 g/mol. The van der Waals surface area contributed by atoms with Crippen LogP contribution in [0, 0.1) is 0 Å². The van der Waals surface area contributed by atoms with E-state index < -0.39 is 0 Å². The van der Waals surface area contributed by atoms with Crippen LogP contribution in [0.5, 0.6) is 0 Å². The Kier molecular flexibility index (Phi) is 7.68. The minimum Gasteiger partial charge on any atom is -0.308 e. The van der Waals surface area contributed by atoms with Crippen LogP contribution in [0.3, 0.4) is 0 Å². The first-order valence-corrected chi connectivity index (χ1v) is 8.90. The van der Waals surface area contributed by atoms with Gasteiger partial charge < -0.3 is 9.80 Å². The van der Waals surface area contributed by atoms with Gasteiger partial charge in [-0.3, -0.25) is 0 Å². The lowest BCUT2D eigenvalue weighted by Gasteiger charge is -2.14. The Labute approximate surface area is 129 Å². The standard InChI is InChI=1S/C12H24N4S3/c1-9(7-15(3)4)17-11-13-14-12(19-11)18-10(2)8-16(5)6/h9-10H,7-8H2,1-6H3/t9-,10-/m1/s1. The third-order valence-corrected chi connectivity index (χ3v) is 5.50. The van der Waals surface area contributed by atoms with E-state index in [1.165, 1.54) is 0 Å². The number of hydrogen-bond donors (Lipinski definition) is 0. The van der Waals surface area contributed by atoms with Crippen molar-refractivity contribution in [3.8, 4) is 0 Å². The molecule has 0 saturated heterocycles. The molecule has 0 amide bonds. The minimum atomic E-state index is 0.542. The average Bonchev–Trinajstić information content (AvgIpc) is 2.62. The van der Waals surface area contributed by atoms with Gasteiger partial charge in [0.25, 0.3) is 0 Å². The van der Waals surface area contributed by atoms with Gasteiger partial charge in [-0.2, -0.15) is 0 Å². The molecular weight excluding hydrogens is 296 g/mol. The summed E-state index contributed by atoms with van der Waals surface area (Å²) >= 11 is 5.34. The maximum atomic E-state index is 4.27. The van der Waals surface area contributed by atoms with E-state index in [9.17, 15) is 0 Å². The van der Waals surface area contributed by atoms with Crippen molar-refractivity contribution in [3.05, 3.63) is 0 Å². The van der Waals surface area contributed by atoms with Gasteiger partial charge >= 0.3 is 0 Å². The first-order chi connectivity index (χ1) is 8.86. The van der Waals surface area contributed by atoms with Crippen LogP contribution in [0.15, 0.2) is 8.68 Å². The molecule has 4 nitrogen and oxygen atoms in total. The summed E-state index contributed by atoms with van der Waals surface area (Å²) in [5, 5.41) is 9.63. The van der Waals surface area contributed by atoms with E-state index >= 15 is 0 Å². The fourth-order valence-corrected chi connectivity index (χ4v) is 5.66. The summed E-state index contributed by atoms with van der Waals surface area (Å²) < 4.78 is 2.16. The van der Waals surface area contributed by atoms with E-state index in [1.807, 2.05) is 23.5 Å². The van der Waals surface area contributed by atoms with Gasteiger partial charge in [0.2, 0.25) is 0 Å². The Morgan fingerprint density at radius 1 is 0.895 bits per heavy atom. The minimum absolute atomic E-state index is 0.542. The van der Waals surface area contributed by atoms with E-state index in [4.69, 9.17) is 0 Å². The zero-order valence-electron chi connectivity index (χ0n) is 12.6. The molecule has 110 valence electrons. The molecule has 2 atom stereocenters. The van der Waals surface area contributed by atoms with Crippen molar-refractivity contribution in [2.24, 2.45) is 0 Å². The zero-order chi connectivity index (χ0) is 14.4. The normalized spacial score (nSPS) is 15.2. The van der Waals surface area contributed by atoms with Crippen molar-refractivity contribution in [1.82, 2.24) is 20.0 Å². The SMILES string of the molecule is C[C@H](CN(C)C)Sc1nnc(S[C@H](C)CN(C)C)s1. The molecule has 1 heterocycles. The molecule has 1 rings (SSSR count). The molecular formula is C12H24N4S3. The third-order valence-electron chi connectivity index (χ3n) is 2.24. The molecule has 0 spiro atoms. The molecule has 7 heteroatoms. The predicted molar refractivity (Wildman–Crippen MR) is 87.7 cm³/mol. The molecule has 0 N–H and O–H groups in total. The molecule has 0 bridgehead atoms. The molecule has 0 fully saturated rings. The van der Waals surface area contributed by atoms with E-state index in [1.54, 1.807) is 11.3 Å². The molecule has 0 radical (unpaired) electrons.